The van der Waals surface area contributed by atoms with Gasteiger partial charge in [0.1, 0.15) is 12.2 Å². The Morgan fingerprint density at radius 2 is 1.55 bits per heavy atom. The maximum Gasteiger partial charge on any atom is 0.251 e. The van der Waals surface area contributed by atoms with E-state index in [-0.39, 0.29) is 0 Å². The molecule has 0 aromatic rings. The molecule has 0 aliphatic heterocycles. The Hall–Kier alpha value is -0.690. The van der Waals surface area contributed by atoms with Crippen molar-refractivity contribution in [1.82, 2.24) is 5.32 Å². The summed E-state index contributed by atoms with van der Waals surface area (Å²) in [6.45, 7) is 1.90. The van der Waals surface area contributed by atoms with Crippen molar-refractivity contribution in [2.75, 3.05) is 13.2 Å². The van der Waals surface area contributed by atoms with Gasteiger partial charge in [-0.25, -0.2) is 0 Å². The second kappa shape index (κ2) is 12.1. The van der Waals surface area contributed by atoms with E-state index in [1.165, 1.54) is 25.7 Å². The summed E-state index contributed by atoms with van der Waals surface area (Å²) in [5.41, 5.74) is 0. The van der Waals surface area contributed by atoms with Crippen LogP contribution in [0.1, 0.15) is 51.9 Å². The van der Waals surface area contributed by atoms with E-state index in [2.05, 4.69) is 12.2 Å². The molecule has 0 aliphatic rings. The largest absolute Gasteiger partial charge is 0.394 e. The Morgan fingerprint density at radius 3 is 2.10 bits per heavy atom. The van der Waals surface area contributed by atoms with Gasteiger partial charge in [0.25, 0.3) is 5.91 Å². The Morgan fingerprint density at radius 1 is 1.00 bits per heavy atom. The third kappa shape index (κ3) is 8.47. The monoisotopic (exact) mass is 291 g/mol. The highest BCUT2D eigenvalue weighted by Gasteiger charge is 2.29. The molecule has 0 aliphatic carbocycles. The molecule has 3 atom stereocenters. The van der Waals surface area contributed by atoms with Gasteiger partial charge < -0.3 is 25.7 Å². The van der Waals surface area contributed by atoms with Gasteiger partial charge in [-0.2, -0.15) is 0 Å². The highest BCUT2D eigenvalue weighted by molar-refractivity contribution is 5.81. The van der Waals surface area contributed by atoms with Crippen molar-refractivity contribution in [2.24, 2.45) is 0 Å². The van der Waals surface area contributed by atoms with Crippen LogP contribution in [0.25, 0.3) is 0 Å². The van der Waals surface area contributed by atoms with Crippen molar-refractivity contribution in [3.8, 4) is 0 Å². The number of hydrogen-bond donors (Lipinski definition) is 5. The summed E-state index contributed by atoms with van der Waals surface area (Å²) in [5.74, 6) is -0.726. The molecule has 0 unspecified atom stereocenters. The lowest BCUT2D eigenvalue weighted by atomic mass is 10.1. The molecule has 0 saturated carbocycles. The molecule has 0 radical (unpaired) electrons. The zero-order valence-electron chi connectivity index (χ0n) is 12.3. The van der Waals surface area contributed by atoms with Crippen LogP contribution in [0.4, 0.5) is 0 Å². The molecule has 0 spiro atoms. The smallest absolute Gasteiger partial charge is 0.251 e. The SMILES string of the molecule is CCCCCCCCCNC(=O)[C@H](O)[C@H](O)[C@H](O)CO. The quantitative estimate of drug-likeness (QED) is 0.323. The number of rotatable bonds is 12. The number of aliphatic hydroxyl groups excluding tert-OH is 4. The number of unbranched alkanes of at least 4 members (excludes halogenated alkanes) is 6. The number of amides is 1. The van der Waals surface area contributed by atoms with Gasteiger partial charge in [0.05, 0.1) is 6.61 Å². The molecule has 0 bridgehead atoms. The van der Waals surface area contributed by atoms with Crippen LogP contribution < -0.4 is 5.32 Å². The summed E-state index contributed by atoms with van der Waals surface area (Å²) in [4.78, 5) is 11.5. The van der Waals surface area contributed by atoms with Crippen molar-refractivity contribution < 1.29 is 25.2 Å². The molecule has 20 heavy (non-hydrogen) atoms. The molecule has 120 valence electrons. The highest BCUT2D eigenvalue weighted by atomic mass is 16.4. The van der Waals surface area contributed by atoms with E-state index in [4.69, 9.17) is 10.2 Å². The number of nitrogens with one attached hydrogen (secondary N) is 1. The maximum absolute atomic E-state index is 11.5. The molecule has 0 aromatic heterocycles. The van der Waals surface area contributed by atoms with Crippen LogP contribution in [0.5, 0.6) is 0 Å². The Balaban J connectivity index is 3.62. The van der Waals surface area contributed by atoms with Crippen LogP contribution in [0, 0.1) is 0 Å². The van der Waals surface area contributed by atoms with E-state index in [9.17, 15) is 15.0 Å². The van der Waals surface area contributed by atoms with Gasteiger partial charge in [-0.15, -0.1) is 0 Å². The Kier molecular flexibility index (Phi) is 11.7. The van der Waals surface area contributed by atoms with E-state index in [0.29, 0.717) is 6.54 Å². The fourth-order valence-corrected chi connectivity index (χ4v) is 1.87. The normalized spacial score (nSPS) is 15.7. The van der Waals surface area contributed by atoms with Crippen molar-refractivity contribution in [3.05, 3.63) is 0 Å². The van der Waals surface area contributed by atoms with Gasteiger partial charge >= 0.3 is 0 Å². The second-order valence-electron chi connectivity index (χ2n) is 5.10. The Labute approximate surface area is 120 Å². The minimum absolute atomic E-state index is 0.436. The fourth-order valence-electron chi connectivity index (χ4n) is 1.87. The molecule has 0 rings (SSSR count). The average Bonchev–Trinajstić information content (AvgIpc) is 2.47. The van der Waals surface area contributed by atoms with E-state index in [1.807, 2.05) is 0 Å². The lowest BCUT2D eigenvalue weighted by Gasteiger charge is -2.20. The van der Waals surface area contributed by atoms with Crippen molar-refractivity contribution in [1.29, 1.82) is 0 Å². The van der Waals surface area contributed by atoms with E-state index in [0.717, 1.165) is 19.3 Å². The summed E-state index contributed by atoms with van der Waals surface area (Å²) >= 11 is 0. The topological polar surface area (TPSA) is 110 Å². The molecular weight excluding hydrogens is 262 g/mol. The van der Waals surface area contributed by atoms with E-state index >= 15 is 0 Å². The Bertz CT molecular complexity index is 250. The lowest BCUT2D eigenvalue weighted by molar-refractivity contribution is -0.142. The number of hydrogen-bond acceptors (Lipinski definition) is 5. The molecule has 6 nitrogen and oxygen atoms in total. The summed E-state index contributed by atoms with van der Waals surface area (Å²) in [6.07, 6.45) is 2.97. The fraction of sp³-hybridized carbons (Fsp3) is 0.929. The standard InChI is InChI=1S/C14H29NO5/c1-2-3-4-5-6-7-8-9-15-14(20)13(19)12(18)11(17)10-16/h11-13,16-19H,2-10H2,1H3,(H,15,20)/t11-,12-,13-/m1/s1. The lowest BCUT2D eigenvalue weighted by Crippen LogP contribution is -2.48. The molecule has 0 fully saturated rings. The van der Waals surface area contributed by atoms with Gasteiger partial charge in [-0.3, -0.25) is 4.79 Å². The number of carbonyl (C=O) groups is 1. The third-order valence-electron chi connectivity index (χ3n) is 3.25. The number of carbonyl (C=O) groups excluding carboxylic acids is 1. The van der Waals surface area contributed by atoms with Crippen LogP contribution in [0.2, 0.25) is 0 Å². The molecular formula is C14H29NO5. The first-order valence-electron chi connectivity index (χ1n) is 7.47. The molecule has 0 heterocycles. The highest BCUT2D eigenvalue weighted by Crippen LogP contribution is 2.06. The first-order chi connectivity index (χ1) is 9.54. The minimum atomic E-state index is -1.72. The van der Waals surface area contributed by atoms with Gasteiger partial charge in [-0.05, 0) is 6.42 Å². The van der Waals surface area contributed by atoms with Crippen molar-refractivity contribution in [3.63, 3.8) is 0 Å². The van der Waals surface area contributed by atoms with Crippen LogP contribution in [0.3, 0.4) is 0 Å². The van der Waals surface area contributed by atoms with E-state index < -0.39 is 30.8 Å². The van der Waals surface area contributed by atoms with Crippen LogP contribution >= 0.6 is 0 Å². The summed E-state index contributed by atoms with van der Waals surface area (Å²) in [7, 11) is 0. The molecule has 0 saturated heterocycles. The zero-order valence-corrected chi connectivity index (χ0v) is 12.3. The average molecular weight is 291 g/mol. The second-order valence-corrected chi connectivity index (χ2v) is 5.10. The third-order valence-corrected chi connectivity index (χ3v) is 3.25. The maximum atomic E-state index is 11.5. The van der Waals surface area contributed by atoms with Crippen LogP contribution in [-0.2, 0) is 4.79 Å². The molecule has 1 amide bonds. The number of aliphatic hydroxyl groups is 4. The predicted octanol–water partition coefficient (Wildman–Crippen LogP) is -0.0718. The predicted molar refractivity (Wildman–Crippen MR) is 76.1 cm³/mol. The van der Waals surface area contributed by atoms with E-state index in [1.54, 1.807) is 0 Å². The van der Waals surface area contributed by atoms with Crippen molar-refractivity contribution in [2.45, 2.75) is 70.2 Å². The van der Waals surface area contributed by atoms with Gasteiger partial charge in [0.2, 0.25) is 0 Å². The van der Waals surface area contributed by atoms with Crippen LogP contribution in [-0.4, -0.2) is 57.8 Å². The summed E-state index contributed by atoms with van der Waals surface area (Å²) < 4.78 is 0. The first kappa shape index (κ1) is 19.3. The van der Waals surface area contributed by atoms with Crippen LogP contribution in [0.15, 0.2) is 0 Å². The van der Waals surface area contributed by atoms with Gasteiger partial charge in [-0.1, -0.05) is 45.4 Å². The minimum Gasteiger partial charge on any atom is -0.394 e. The zero-order chi connectivity index (χ0) is 15.4. The molecule has 6 heteroatoms. The summed E-state index contributed by atoms with van der Waals surface area (Å²) in [6, 6.07) is 0. The van der Waals surface area contributed by atoms with Gasteiger partial charge in [0, 0.05) is 6.54 Å². The summed E-state index contributed by atoms with van der Waals surface area (Å²) in [5, 5.41) is 39.1. The molecule has 0 aromatic carbocycles. The van der Waals surface area contributed by atoms with Gasteiger partial charge in [0.15, 0.2) is 6.10 Å². The first-order valence-corrected chi connectivity index (χ1v) is 7.47. The van der Waals surface area contributed by atoms with Crippen molar-refractivity contribution >= 4 is 5.91 Å². The molecule has 5 N–H and O–H groups in total.